The van der Waals surface area contributed by atoms with Gasteiger partial charge < -0.3 is 0 Å². The van der Waals surface area contributed by atoms with Crippen LogP contribution in [0.2, 0.25) is 0 Å². The smallest absolute Gasteiger partial charge is 0.224 e. The molecule has 3 heteroatoms. The van der Waals surface area contributed by atoms with Crippen LogP contribution in [0.5, 0.6) is 0 Å². The fourth-order valence-corrected chi connectivity index (χ4v) is 3.23. The minimum atomic E-state index is -0.416. The third kappa shape index (κ3) is 1.74. The van der Waals surface area contributed by atoms with Gasteiger partial charge in [-0.25, -0.2) is 9.59 Å². The SMILES string of the molecule is O=C1c2ccccc2C(=O)[N+]1(c1ccccc1)c1ccccc1. The number of fused-ring (bicyclic) bond motifs is 1. The maximum absolute atomic E-state index is 13.3. The predicted molar refractivity (Wildman–Crippen MR) is 89.4 cm³/mol. The number of hydrogen-bond donors (Lipinski definition) is 0. The van der Waals surface area contributed by atoms with Gasteiger partial charge in [0.15, 0.2) is 11.4 Å². The van der Waals surface area contributed by atoms with Gasteiger partial charge in [-0.2, -0.15) is 0 Å². The van der Waals surface area contributed by atoms with Gasteiger partial charge in [0.05, 0.1) is 11.1 Å². The highest BCUT2D eigenvalue weighted by molar-refractivity contribution is 6.33. The van der Waals surface area contributed by atoms with Crippen molar-refractivity contribution in [2.45, 2.75) is 0 Å². The summed E-state index contributed by atoms with van der Waals surface area (Å²) >= 11 is 0. The van der Waals surface area contributed by atoms with Gasteiger partial charge in [0, 0.05) is 24.3 Å². The van der Waals surface area contributed by atoms with Gasteiger partial charge in [-0.15, -0.1) is 4.48 Å². The Morgan fingerprint density at radius 3 is 1.22 bits per heavy atom. The summed E-state index contributed by atoms with van der Waals surface area (Å²) in [6.45, 7) is 0. The van der Waals surface area contributed by atoms with Crippen LogP contribution in [0.15, 0.2) is 84.9 Å². The van der Waals surface area contributed by atoms with E-state index >= 15 is 0 Å². The van der Waals surface area contributed by atoms with Crippen LogP contribution < -0.4 is 4.48 Å². The molecule has 2 amide bonds. The first-order valence-corrected chi connectivity index (χ1v) is 7.45. The van der Waals surface area contributed by atoms with Crippen molar-refractivity contribution >= 4 is 23.2 Å². The quantitative estimate of drug-likeness (QED) is 0.522. The molecule has 3 aromatic carbocycles. The van der Waals surface area contributed by atoms with Gasteiger partial charge in [0.25, 0.3) is 0 Å². The minimum Gasteiger partial charge on any atom is -0.224 e. The number of quaternary nitrogens is 1. The Bertz CT molecular complexity index is 825. The molecule has 0 saturated heterocycles. The number of para-hydroxylation sites is 2. The molecule has 0 saturated carbocycles. The molecular weight excluding hydrogens is 286 g/mol. The first-order chi connectivity index (χ1) is 11.3. The normalized spacial score (nSPS) is 15.5. The molecule has 23 heavy (non-hydrogen) atoms. The van der Waals surface area contributed by atoms with E-state index in [1.807, 2.05) is 60.7 Å². The Balaban J connectivity index is 2.07. The molecule has 0 spiro atoms. The summed E-state index contributed by atoms with van der Waals surface area (Å²) < 4.78 is -0.416. The van der Waals surface area contributed by atoms with Crippen molar-refractivity contribution < 1.29 is 9.59 Å². The number of benzene rings is 3. The molecule has 1 aliphatic heterocycles. The van der Waals surface area contributed by atoms with E-state index in [0.29, 0.717) is 22.5 Å². The van der Waals surface area contributed by atoms with E-state index in [1.54, 1.807) is 24.3 Å². The summed E-state index contributed by atoms with van der Waals surface area (Å²) in [5.74, 6) is -0.411. The minimum absolute atomic E-state index is 0.206. The number of rotatable bonds is 2. The van der Waals surface area contributed by atoms with Gasteiger partial charge >= 0.3 is 11.8 Å². The van der Waals surface area contributed by atoms with Crippen molar-refractivity contribution in [1.29, 1.82) is 0 Å². The van der Waals surface area contributed by atoms with E-state index < -0.39 is 4.48 Å². The van der Waals surface area contributed by atoms with Crippen molar-refractivity contribution in [1.82, 2.24) is 4.48 Å². The molecule has 110 valence electrons. The average molecular weight is 300 g/mol. The highest BCUT2D eigenvalue weighted by Gasteiger charge is 2.57. The molecule has 0 N–H and O–H groups in total. The van der Waals surface area contributed by atoms with Crippen molar-refractivity contribution in [3.63, 3.8) is 0 Å². The highest BCUT2D eigenvalue weighted by atomic mass is 16.2. The van der Waals surface area contributed by atoms with E-state index in [-0.39, 0.29) is 11.8 Å². The van der Waals surface area contributed by atoms with Crippen LogP contribution in [0.4, 0.5) is 11.4 Å². The first kappa shape index (κ1) is 13.6. The Morgan fingerprint density at radius 2 is 0.826 bits per heavy atom. The lowest BCUT2D eigenvalue weighted by Gasteiger charge is -2.27. The molecule has 4 rings (SSSR count). The zero-order valence-corrected chi connectivity index (χ0v) is 12.3. The third-order valence-corrected chi connectivity index (χ3v) is 4.28. The average Bonchev–Trinajstić information content (AvgIpc) is 2.86. The third-order valence-electron chi connectivity index (χ3n) is 4.28. The van der Waals surface area contributed by atoms with Crippen molar-refractivity contribution in [3.05, 3.63) is 96.1 Å². The summed E-state index contributed by atoms with van der Waals surface area (Å²) in [6.07, 6.45) is 0. The van der Waals surface area contributed by atoms with Gasteiger partial charge in [-0.1, -0.05) is 48.5 Å². The standard InChI is InChI=1S/C20H14NO2/c22-19-17-13-7-8-14-18(17)20(23)21(19,15-9-3-1-4-10-15)16-11-5-2-6-12-16/h1-14H/q+1. The second kappa shape index (κ2) is 5.00. The lowest BCUT2D eigenvalue weighted by Crippen LogP contribution is -2.49. The van der Waals surface area contributed by atoms with Crippen LogP contribution >= 0.6 is 0 Å². The number of imide groups is 1. The maximum atomic E-state index is 13.3. The molecule has 0 radical (unpaired) electrons. The van der Waals surface area contributed by atoms with Crippen LogP contribution in [0.25, 0.3) is 0 Å². The maximum Gasteiger partial charge on any atom is 0.364 e. The van der Waals surface area contributed by atoms with Gasteiger partial charge in [-0.05, 0) is 12.1 Å². The lowest BCUT2D eigenvalue weighted by molar-refractivity contribution is 0.0735. The number of carbonyl (C=O) groups excluding carboxylic acids is 2. The van der Waals surface area contributed by atoms with Crippen molar-refractivity contribution in [2.75, 3.05) is 0 Å². The molecule has 0 aliphatic carbocycles. The molecule has 3 aromatic rings. The van der Waals surface area contributed by atoms with E-state index in [9.17, 15) is 9.59 Å². The van der Waals surface area contributed by atoms with E-state index in [4.69, 9.17) is 0 Å². The largest absolute Gasteiger partial charge is 0.364 e. The Kier molecular flexibility index (Phi) is 2.96. The van der Waals surface area contributed by atoms with Crippen LogP contribution in [0.3, 0.4) is 0 Å². The topological polar surface area (TPSA) is 34.1 Å². The van der Waals surface area contributed by atoms with E-state index in [2.05, 4.69) is 0 Å². The molecule has 0 fully saturated rings. The zero-order valence-electron chi connectivity index (χ0n) is 12.3. The molecule has 1 heterocycles. The lowest BCUT2D eigenvalue weighted by atomic mass is 10.1. The molecule has 0 unspecified atom stereocenters. The fourth-order valence-electron chi connectivity index (χ4n) is 3.23. The summed E-state index contributed by atoms with van der Waals surface area (Å²) in [4.78, 5) is 26.6. The molecular formula is C20H14NO2+. The van der Waals surface area contributed by atoms with Crippen molar-refractivity contribution in [2.24, 2.45) is 0 Å². The van der Waals surface area contributed by atoms with Gasteiger partial charge in [0.1, 0.15) is 0 Å². The predicted octanol–water partition coefficient (Wildman–Crippen LogP) is 4.32. The Morgan fingerprint density at radius 1 is 0.478 bits per heavy atom. The molecule has 3 nitrogen and oxygen atoms in total. The Hall–Kier alpha value is -3.04. The van der Waals surface area contributed by atoms with Crippen LogP contribution in [-0.4, -0.2) is 11.8 Å². The monoisotopic (exact) mass is 300 g/mol. The van der Waals surface area contributed by atoms with Gasteiger partial charge in [-0.3, -0.25) is 0 Å². The fraction of sp³-hybridized carbons (Fsp3) is 0. The second-order valence-electron chi connectivity index (χ2n) is 5.50. The van der Waals surface area contributed by atoms with E-state index in [0.717, 1.165) is 0 Å². The number of hydrogen-bond acceptors (Lipinski definition) is 2. The van der Waals surface area contributed by atoms with Crippen molar-refractivity contribution in [3.8, 4) is 0 Å². The van der Waals surface area contributed by atoms with Crippen LogP contribution in [0.1, 0.15) is 20.7 Å². The van der Waals surface area contributed by atoms with Crippen LogP contribution in [0, 0.1) is 0 Å². The second-order valence-corrected chi connectivity index (χ2v) is 5.50. The number of nitrogens with zero attached hydrogens (tertiary/aromatic N) is 1. The summed E-state index contributed by atoms with van der Waals surface area (Å²) in [6, 6.07) is 25.5. The van der Waals surface area contributed by atoms with E-state index in [1.165, 1.54) is 0 Å². The number of carbonyl (C=O) groups is 2. The Labute approximate surface area is 134 Å². The highest BCUT2D eigenvalue weighted by Crippen LogP contribution is 2.43. The first-order valence-electron chi connectivity index (χ1n) is 7.45. The molecule has 0 atom stereocenters. The number of amides is 2. The molecule has 0 aromatic heterocycles. The summed E-state index contributed by atoms with van der Waals surface area (Å²) in [7, 11) is 0. The van der Waals surface area contributed by atoms with Gasteiger partial charge in [0.2, 0.25) is 0 Å². The zero-order chi connectivity index (χ0) is 15.9. The summed E-state index contributed by atoms with van der Waals surface area (Å²) in [5.41, 5.74) is 2.27. The molecule has 1 aliphatic rings. The van der Waals surface area contributed by atoms with Crippen LogP contribution in [-0.2, 0) is 0 Å². The molecule has 0 bridgehead atoms. The summed E-state index contributed by atoms with van der Waals surface area (Å²) in [5, 5.41) is 0.